The molecule has 0 aliphatic carbocycles. The average molecular weight is 395 g/mol. The van der Waals surface area contributed by atoms with Crippen molar-refractivity contribution in [2.75, 3.05) is 26.3 Å². The maximum absolute atomic E-state index is 13.0. The van der Waals surface area contributed by atoms with Crippen molar-refractivity contribution in [3.8, 4) is 0 Å². The lowest BCUT2D eigenvalue weighted by Crippen LogP contribution is -2.44. The van der Waals surface area contributed by atoms with Gasteiger partial charge in [-0.2, -0.15) is 13.2 Å². The van der Waals surface area contributed by atoms with Crippen LogP contribution in [0.4, 0.5) is 13.2 Å². The highest BCUT2D eigenvalue weighted by atomic mass is 35.5. The second-order valence-electron chi connectivity index (χ2n) is 5.45. The van der Waals surface area contributed by atoms with Gasteiger partial charge in [-0.25, -0.2) is 0 Å². The summed E-state index contributed by atoms with van der Waals surface area (Å²) in [6, 6.07) is 0.808. The Labute approximate surface area is 150 Å². The number of hydrogen-bond donors (Lipinski definition) is 0. The van der Waals surface area contributed by atoms with Gasteiger partial charge in [-0.1, -0.05) is 23.4 Å². The summed E-state index contributed by atoms with van der Waals surface area (Å²) in [5.74, 6) is -0.122. The highest BCUT2D eigenvalue weighted by Gasteiger charge is 2.33. The van der Waals surface area contributed by atoms with Gasteiger partial charge >= 0.3 is 6.18 Å². The second kappa shape index (κ2) is 7.00. The molecular formula is C14H14ClF3N4O2S. The molecule has 25 heavy (non-hydrogen) atoms. The summed E-state index contributed by atoms with van der Waals surface area (Å²) in [5, 5.41) is 7.19. The monoisotopic (exact) mass is 394 g/mol. The number of halogens is 4. The Morgan fingerprint density at radius 2 is 2.04 bits per heavy atom. The van der Waals surface area contributed by atoms with Crippen molar-refractivity contribution in [2.24, 2.45) is 0 Å². The van der Waals surface area contributed by atoms with E-state index in [-0.39, 0.29) is 21.7 Å². The molecule has 1 aliphatic heterocycles. The standard InChI is InChI=1S/C14H14ClF3N4O2S/c1-8(12(23)21-2-4-24-5-3-21)25-13-20-19-11-10(15)6-9(7-22(11)13)14(16,17)18/h6-8H,2-5H2,1H3. The van der Waals surface area contributed by atoms with Gasteiger partial charge in [0.15, 0.2) is 10.8 Å². The summed E-state index contributed by atoms with van der Waals surface area (Å²) >= 11 is 6.92. The molecule has 1 aliphatic rings. The molecule has 2 aromatic heterocycles. The molecular weight excluding hydrogens is 381 g/mol. The number of alkyl halides is 3. The number of thioether (sulfide) groups is 1. The van der Waals surface area contributed by atoms with Crippen LogP contribution in [0.3, 0.4) is 0 Å². The van der Waals surface area contributed by atoms with Gasteiger partial charge < -0.3 is 9.64 Å². The van der Waals surface area contributed by atoms with Crippen LogP contribution in [0.15, 0.2) is 17.4 Å². The molecule has 11 heteroatoms. The van der Waals surface area contributed by atoms with Crippen LogP contribution in [0.25, 0.3) is 5.65 Å². The summed E-state index contributed by atoms with van der Waals surface area (Å²) in [5.41, 5.74) is -0.790. The zero-order chi connectivity index (χ0) is 18.2. The van der Waals surface area contributed by atoms with Crippen molar-refractivity contribution in [1.82, 2.24) is 19.5 Å². The molecule has 0 radical (unpaired) electrons. The van der Waals surface area contributed by atoms with E-state index in [1.807, 2.05) is 0 Å². The molecule has 1 unspecified atom stereocenters. The van der Waals surface area contributed by atoms with E-state index in [1.54, 1.807) is 11.8 Å². The molecule has 3 heterocycles. The molecule has 2 aromatic rings. The largest absolute Gasteiger partial charge is 0.417 e. The van der Waals surface area contributed by atoms with E-state index in [1.165, 1.54) is 4.40 Å². The molecule has 1 saturated heterocycles. The van der Waals surface area contributed by atoms with Gasteiger partial charge in [0, 0.05) is 19.3 Å². The summed E-state index contributed by atoms with van der Waals surface area (Å²) in [4.78, 5) is 14.1. The highest BCUT2D eigenvalue weighted by molar-refractivity contribution is 8.00. The zero-order valence-corrected chi connectivity index (χ0v) is 14.7. The first-order chi connectivity index (χ1) is 11.8. The number of nitrogens with zero attached hydrogens (tertiary/aromatic N) is 4. The number of carbonyl (C=O) groups excluding carboxylic acids is 1. The number of aromatic nitrogens is 3. The third-order valence-corrected chi connectivity index (χ3v) is 5.03. The Bertz CT molecular complexity index is 792. The first kappa shape index (κ1) is 18.3. The third kappa shape index (κ3) is 3.85. The van der Waals surface area contributed by atoms with Crippen molar-refractivity contribution in [3.63, 3.8) is 0 Å². The molecule has 1 fully saturated rings. The van der Waals surface area contributed by atoms with Gasteiger partial charge in [0.25, 0.3) is 0 Å². The fourth-order valence-corrected chi connectivity index (χ4v) is 3.57. The van der Waals surface area contributed by atoms with Crippen molar-refractivity contribution < 1.29 is 22.7 Å². The van der Waals surface area contributed by atoms with Gasteiger partial charge in [-0.05, 0) is 13.0 Å². The predicted molar refractivity (Wildman–Crippen MR) is 85.7 cm³/mol. The number of carbonyl (C=O) groups is 1. The third-order valence-electron chi connectivity index (χ3n) is 3.71. The van der Waals surface area contributed by atoms with Gasteiger partial charge in [-0.3, -0.25) is 9.20 Å². The number of morpholine rings is 1. The minimum Gasteiger partial charge on any atom is -0.378 e. The van der Waals surface area contributed by atoms with E-state index in [4.69, 9.17) is 16.3 Å². The van der Waals surface area contributed by atoms with E-state index < -0.39 is 17.0 Å². The Morgan fingerprint density at radius 3 is 2.68 bits per heavy atom. The number of fused-ring (bicyclic) bond motifs is 1. The number of hydrogen-bond acceptors (Lipinski definition) is 5. The molecule has 136 valence electrons. The molecule has 3 rings (SSSR count). The Morgan fingerprint density at radius 1 is 1.36 bits per heavy atom. The normalized spacial score (nSPS) is 17.1. The maximum Gasteiger partial charge on any atom is 0.417 e. The van der Waals surface area contributed by atoms with Gasteiger partial charge in [0.05, 0.1) is 29.0 Å². The van der Waals surface area contributed by atoms with Gasteiger partial charge in [-0.15, -0.1) is 10.2 Å². The van der Waals surface area contributed by atoms with E-state index in [0.29, 0.717) is 26.3 Å². The second-order valence-corrected chi connectivity index (χ2v) is 7.16. The molecule has 1 amide bonds. The highest BCUT2D eigenvalue weighted by Crippen LogP contribution is 2.34. The van der Waals surface area contributed by atoms with Crippen LogP contribution < -0.4 is 0 Å². The molecule has 0 saturated carbocycles. The molecule has 0 bridgehead atoms. The van der Waals surface area contributed by atoms with Crippen molar-refractivity contribution in [1.29, 1.82) is 0 Å². The Kier molecular flexibility index (Phi) is 5.12. The smallest absolute Gasteiger partial charge is 0.378 e. The first-order valence-electron chi connectivity index (χ1n) is 7.42. The predicted octanol–water partition coefficient (Wildman–Crippen LogP) is 2.74. The zero-order valence-electron chi connectivity index (χ0n) is 13.1. The molecule has 0 spiro atoms. The van der Waals surface area contributed by atoms with Gasteiger partial charge in [0.1, 0.15) is 0 Å². The molecule has 0 aromatic carbocycles. The van der Waals surface area contributed by atoms with Crippen LogP contribution in [0.5, 0.6) is 0 Å². The average Bonchev–Trinajstić information content (AvgIpc) is 2.97. The summed E-state index contributed by atoms with van der Waals surface area (Å²) in [6.45, 7) is 3.62. The lowest BCUT2D eigenvalue weighted by atomic mass is 10.3. The van der Waals surface area contributed by atoms with Crippen molar-refractivity contribution in [3.05, 3.63) is 22.8 Å². The van der Waals surface area contributed by atoms with Gasteiger partial charge in [0.2, 0.25) is 5.91 Å². The SMILES string of the molecule is CC(Sc1nnc2c(Cl)cc(C(F)(F)F)cn12)C(=O)N1CCOCC1. The number of rotatable bonds is 3. The summed E-state index contributed by atoms with van der Waals surface area (Å²) in [7, 11) is 0. The number of pyridine rings is 1. The van der Waals surface area contributed by atoms with E-state index in [0.717, 1.165) is 24.0 Å². The van der Waals surface area contributed by atoms with Crippen LogP contribution in [0.2, 0.25) is 5.02 Å². The number of ether oxygens (including phenoxy) is 1. The van der Waals surface area contributed by atoms with Crippen LogP contribution in [0.1, 0.15) is 12.5 Å². The lowest BCUT2D eigenvalue weighted by Gasteiger charge is -2.28. The lowest BCUT2D eigenvalue weighted by molar-refractivity contribution is -0.138. The summed E-state index contributed by atoms with van der Waals surface area (Å²) in [6.07, 6.45) is -3.66. The quantitative estimate of drug-likeness (QED) is 0.749. The molecule has 0 N–H and O–H groups in total. The summed E-state index contributed by atoms with van der Waals surface area (Å²) < 4.78 is 45.3. The Balaban J connectivity index is 1.85. The van der Waals surface area contributed by atoms with Crippen LogP contribution in [-0.4, -0.2) is 57.0 Å². The van der Waals surface area contributed by atoms with E-state index in [9.17, 15) is 18.0 Å². The van der Waals surface area contributed by atoms with E-state index >= 15 is 0 Å². The van der Waals surface area contributed by atoms with Crippen molar-refractivity contribution in [2.45, 2.75) is 23.5 Å². The van der Waals surface area contributed by atoms with Crippen molar-refractivity contribution >= 4 is 34.9 Å². The minimum absolute atomic E-state index is 0.114. The van der Waals surface area contributed by atoms with Crippen LogP contribution in [0, 0.1) is 0 Å². The Hall–Kier alpha value is -1.52. The minimum atomic E-state index is -4.54. The molecule has 6 nitrogen and oxygen atoms in total. The van der Waals surface area contributed by atoms with E-state index in [2.05, 4.69) is 10.2 Å². The first-order valence-corrected chi connectivity index (χ1v) is 8.68. The maximum atomic E-state index is 13.0. The fraction of sp³-hybridized carbons (Fsp3) is 0.500. The fourth-order valence-electron chi connectivity index (χ4n) is 2.42. The topological polar surface area (TPSA) is 59.7 Å². The van der Waals surface area contributed by atoms with Crippen LogP contribution >= 0.6 is 23.4 Å². The van der Waals surface area contributed by atoms with Crippen LogP contribution in [-0.2, 0) is 15.7 Å². The number of amides is 1. The molecule has 1 atom stereocenters.